The minimum Gasteiger partial charge on any atom is -0.466 e. The highest BCUT2D eigenvalue weighted by Gasteiger charge is 2.64. The van der Waals surface area contributed by atoms with E-state index in [1.54, 1.807) is 0 Å². The van der Waals surface area contributed by atoms with Gasteiger partial charge in [0.1, 0.15) is 11.6 Å². The Morgan fingerprint density at radius 3 is 2.58 bits per heavy atom. The van der Waals surface area contributed by atoms with E-state index in [4.69, 9.17) is 4.74 Å². The van der Waals surface area contributed by atoms with E-state index >= 15 is 0 Å². The van der Waals surface area contributed by atoms with Crippen LogP contribution in [-0.4, -0.2) is 56.2 Å². The van der Waals surface area contributed by atoms with Crippen LogP contribution in [0.4, 0.5) is 27.8 Å². The molecule has 0 bridgehead atoms. The van der Waals surface area contributed by atoms with Crippen molar-refractivity contribution < 1.29 is 26.7 Å². The molecular weight excluding hydrogens is 491 g/mol. The second-order valence-corrected chi connectivity index (χ2v) is 8.85. The molecule has 3 aromatic rings. The van der Waals surface area contributed by atoms with Crippen LogP contribution in [-0.2, 0) is 5.41 Å². The van der Waals surface area contributed by atoms with Crippen LogP contribution in [0.25, 0.3) is 11.3 Å². The quantitative estimate of drug-likeness (QED) is 0.507. The number of ether oxygens (including phenoxy) is 1. The maximum Gasteiger partial charge on any atom is 0.398 e. The van der Waals surface area contributed by atoms with Crippen molar-refractivity contribution in [1.29, 1.82) is 0 Å². The molecular formula is C22H19F5N6O3. The number of halogens is 5. The molecule has 2 N–H and O–H groups in total. The largest absolute Gasteiger partial charge is 0.466 e. The van der Waals surface area contributed by atoms with Crippen molar-refractivity contribution in [2.24, 2.45) is 0 Å². The fourth-order valence-electron chi connectivity index (χ4n) is 4.28. The van der Waals surface area contributed by atoms with Crippen molar-refractivity contribution >= 4 is 5.82 Å². The van der Waals surface area contributed by atoms with Gasteiger partial charge in [-0.15, -0.1) is 0 Å². The Labute approximate surface area is 199 Å². The Hall–Kier alpha value is -3.84. The highest BCUT2D eigenvalue weighted by Crippen LogP contribution is 2.59. The lowest BCUT2D eigenvalue weighted by Gasteiger charge is -2.22. The number of aromatic nitrogens is 5. The van der Waals surface area contributed by atoms with E-state index in [0.29, 0.717) is 0 Å². The van der Waals surface area contributed by atoms with E-state index < -0.39 is 41.4 Å². The van der Waals surface area contributed by atoms with E-state index in [1.807, 2.05) is 0 Å². The number of alkyl halides is 5. The average molecular weight is 510 g/mol. The molecule has 2 fully saturated rings. The number of hydrogen-bond acceptors (Lipinski definition) is 7. The van der Waals surface area contributed by atoms with Gasteiger partial charge in [0.05, 0.1) is 29.8 Å². The monoisotopic (exact) mass is 510 g/mol. The van der Waals surface area contributed by atoms with Crippen molar-refractivity contribution in [3.05, 3.63) is 62.8 Å². The first kappa shape index (κ1) is 23.9. The molecule has 0 spiro atoms. The molecule has 1 saturated carbocycles. The summed E-state index contributed by atoms with van der Waals surface area (Å²) < 4.78 is 75.6. The number of aromatic amines is 2. The van der Waals surface area contributed by atoms with Crippen molar-refractivity contribution in [3.8, 4) is 17.1 Å². The van der Waals surface area contributed by atoms with Crippen LogP contribution in [0.2, 0.25) is 0 Å². The minimum absolute atomic E-state index is 0.0137. The van der Waals surface area contributed by atoms with Crippen molar-refractivity contribution in [3.63, 3.8) is 0 Å². The maximum absolute atomic E-state index is 14.9. The molecule has 5 rings (SSSR count). The molecule has 190 valence electrons. The molecule has 1 atom stereocenters. The Bertz CT molecular complexity index is 1430. The number of rotatable bonds is 5. The molecule has 36 heavy (non-hydrogen) atoms. The van der Waals surface area contributed by atoms with Gasteiger partial charge in [-0.25, -0.2) is 28.5 Å². The van der Waals surface area contributed by atoms with Gasteiger partial charge in [-0.3, -0.25) is 9.78 Å². The maximum atomic E-state index is 14.9. The van der Waals surface area contributed by atoms with Gasteiger partial charge in [0.2, 0.25) is 5.88 Å². The Morgan fingerprint density at radius 2 is 1.92 bits per heavy atom. The smallest absolute Gasteiger partial charge is 0.398 e. The van der Waals surface area contributed by atoms with Crippen molar-refractivity contribution in [1.82, 2.24) is 24.9 Å². The van der Waals surface area contributed by atoms with Gasteiger partial charge in [0.15, 0.2) is 6.10 Å². The highest BCUT2D eigenvalue weighted by atomic mass is 19.4. The van der Waals surface area contributed by atoms with Gasteiger partial charge >= 0.3 is 17.8 Å². The Kier molecular flexibility index (Phi) is 5.37. The second-order valence-electron chi connectivity index (χ2n) is 8.85. The number of pyridine rings is 1. The zero-order chi connectivity index (χ0) is 25.9. The number of nitrogens with one attached hydrogen (secondary N) is 2. The van der Waals surface area contributed by atoms with E-state index in [9.17, 15) is 31.5 Å². The molecule has 0 radical (unpaired) electrons. The molecule has 0 unspecified atom stereocenters. The Morgan fingerprint density at radius 1 is 1.17 bits per heavy atom. The third-order valence-corrected chi connectivity index (χ3v) is 6.35. The fourth-order valence-corrected chi connectivity index (χ4v) is 4.28. The molecule has 3 aromatic heterocycles. The first-order valence-corrected chi connectivity index (χ1v) is 10.9. The van der Waals surface area contributed by atoms with E-state index in [-0.39, 0.29) is 53.7 Å². The number of aryl methyl sites for hydroxylation is 1. The van der Waals surface area contributed by atoms with E-state index in [1.165, 1.54) is 24.0 Å². The molecule has 4 heterocycles. The lowest BCUT2D eigenvalue weighted by atomic mass is 9.96. The summed E-state index contributed by atoms with van der Waals surface area (Å²) >= 11 is 0. The summed E-state index contributed by atoms with van der Waals surface area (Å²) in [5.74, 6) is -3.43. The van der Waals surface area contributed by atoms with Crippen LogP contribution >= 0.6 is 0 Å². The van der Waals surface area contributed by atoms with Crippen LogP contribution in [0.1, 0.15) is 24.2 Å². The molecule has 0 aromatic carbocycles. The van der Waals surface area contributed by atoms with Gasteiger partial charge in [0, 0.05) is 24.5 Å². The van der Waals surface area contributed by atoms with Crippen LogP contribution in [0.3, 0.4) is 0 Å². The van der Waals surface area contributed by atoms with Crippen LogP contribution < -0.4 is 20.9 Å². The number of anilines is 1. The summed E-state index contributed by atoms with van der Waals surface area (Å²) in [4.78, 5) is 41.2. The summed E-state index contributed by atoms with van der Waals surface area (Å²) in [5, 5.41) is 0. The van der Waals surface area contributed by atoms with Gasteiger partial charge in [-0.2, -0.15) is 13.2 Å². The first-order chi connectivity index (χ1) is 16.9. The highest BCUT2D eigenvalue weighted by molar-refractivity contribution is 5.61. The molecule has 2 aliphatic rings. The van der Waals surface area contributed by atoms with E-state index in [2.05, 4.69) is 24.9 Å². The van der Waals surface area contributed by atoms with Crippen LogP contribution in [0.15, 0.2) is 40.2 Å². The molecule has 1 aliphatic carbocycles. The molecule has 0 amide bonds. The first-order valence-electron chi connectivity index (χ1n) is 10.9. The third kappa shape index (κ3) is 4.20. The second kappa shape index (κ2) is 8.10. The van der Waals surface area contributed by atoms with Gasteiger partial charge in [-0.05, 0) is 31.4 Å². The lowest BCUT2D eigenvalue weighted by Crippen LogP contribution is -2.36. The van der Waals surface area contributed by atoms with Crippen LogP contribution in [0.5, 0.6) is 5.88 Å². The molecule has 9 nitrogen and oxygen atoms in total. The fraction of sp³-hybridized carbons (Fsp3) is 0.409. The van der Waals surface area contributed by atoms with Crippen molar-refractivity contribution in [2.75, 3.05) is 18.0 Å². The summed E-state index contributed by atoms with van der Waals surface area (Å²) in [6.45, 7) is 0.377. The van der Waals surface area contributed by atoms with Gasteiger partial charge in [-0.1, -0.05) is 0 Å². The SMILES string of the molecule is Cc1nc(-c2c[nH]c(=O)[nH]c2=O)cc(N2C[C@H](Oc3cc(C4(C(F)(F)F)CC4)ccn3)C(F)(F)C2)n1. The predicted octanol–water partition coefficient (Wildman–Crippen LogP) is 2.72. The van der Waals surface area contributed by atoms with Gasteiger partial charge < -0.3 is 14.6 Å². The van der Waals surface area contributed by atoms with E-state index in [0.717, 1.165) is 18.5 Å². The number of nitrogens with zero attached hydrogens (tertiary/aromatic N) is 4. The van der Waals surface area contributed by atoms with Gasteiger partial charge in [0.25, 0.3) is 5.56 Å². The normalized spacial score (nSPS) is 20.4. The zero-order valence-corrected chi connectivity index (χ0v) is 18.7. The molecule has 1 saturated heterocycles. The zero-order valence-electron chi connectivity index (χ0n) is 18.7. The predicted molar refractivity (Wildman–Crippen MR) is 116 cm³/mol. The summed E-state index contributed by atoms with van der Waals surface area (Å²) in [7, 11) is 0. The number of H-pyrrole nitrogens is 2. The lowest BCUT2D eigenvalue weighted by molar-refractivity contribution is -0.160. The van der Waals surface area contributed by atoms with Crippen LogP contribution in [0, 0.1) is 6.92 Å². The summed E-state index contributed by atoms with van der Waals surface area (Å²) in [6, 6.07) is 3.61. The standard InChI is InChI=1S/C22H19F5N6O3/c1-11-30-14(13-8-29-19(35)32-18(13)34)7-16(31-11)33-9-15(21(23,24)10-33)36-17-6-12(2-5-28-17)20(3-4-20)22(25,26)27/h2,5-8,15H,3-4,9-10H2,1H3,(H2,29,32,34,35)/t15-/m0/s1. The third-order valence-electron chi connectivity index (χ3n) is 6.35. The summed E-state index contributed by atoms with van der Waals surface area (Å²) in [5.41, 5.74) is -3.37. The van der Waals surface area contributed by atoms with Crippen molar-refractivity contribution in [2.45, 2.75) is 43.4 Å². The number of hydrogen-bond donors (Lipinski definition) is 2. The minimum atomic E-state index is -4.46. The summed E-state index contributed by atoms with van der Waals surface area (Å²) in [6.07, 6.45) is -4.07. The molecule has 14 heteroatoms. The Balaban J connectivity index is 1.40. The molecule has 1 aliphatic heterocycles. The average Bonchev–Trinajstić information content (AvgIpc) is 3.55. The topological polar surface area (TPSA) is 117 Å².